The maximum Gasteiger partial charge on any atom is 0.267 e. The number of amides is 2. The van der Waals surface area contributed by atoms with Crippen molar-refractivity contribution in [1.29, 1.82) is 0 Å². The third-order valence-electron chi connectivity index (χ3n) is 5.58. The first-order valence-corrected chi connectivity index (χ1v) is 10.5. The van der Waals surface area contributed by atoms with Gasteiger partial charge in [0.2, 0.25) is 17.7 Å². The predicted octanol–water partition coefficient (Wildman–Crippen LogP) is 4.70. The molecule has 0 saturated heterocycles. The number of pyridine rings is 1. The Morgan fingerprint density at radius 3 is 2.57 bits per heavy atom. The van der Waals surface area contributed by atoms with Crippen LogP contribution >= 0.6 is 0 Å². The lowest BCUT2D eigenvalue weighted by molar-refractivity contribution is -0.126. The first-order chi connectivity index (χ1) is 13.8. The van der Waals surface area contributed by atoms with Crippen molar-refractivity contribution in [1.82, 2.24) is 4.98 Å². The topological polar surface area (TPSA) is 71.5 Å². The summed E-state index contributed by atoms with van der Waals surface area (Å²) in [7, 11) is 0. The molecule has 1 unspecified atom stereocenters. The van der Waals surface area contributed by atoms with Crippen LogP contribution in [0.5, 0.6) is 5.88 Å². The Labute approximate surface area is 176 Å². The number of aryl methyl sites for hydroxylation is 1. The number of carbonyl (C=O) groups is 2. The van der Waals surface area contributed by atoms with Crippen molar-refractivity contribution >= 4 is 23.3 Å². The summed E-state index contributed by atoms with van der Waals surface area (Å²) in [6.45, 7) is 9.76. The van der Waals surface area contributed by atoms with Crippen LogP contribution in [0.3, 0.4) is 0 Å². The SMILES string of the molecule is Cc1cc2c(nc1NC(=O)CC(C)(C)C)OC(C)C(=O)N2CC1CCC(F)(F)CC1. The van der Waals surface area contributed by atoms with Crippen molar-refractivity contribution in [3.63, 3.8) is 0 Å². The van der Waals surface area contributed by atoms with Crippen molar-refractivity contribution in [2.24, 2.45) is 11.3 Å². The van der Waals surface area contributed by atoms with E-state index in [9.17, 15) is 18.4 Å². The molecular formula is C22H31F2N3O3. The molecule has 1 aromatic rings. The van der Waals surface area contributed by atoms with Gasteiger partial charge in [0.15, 0.2) is 6.10 Å². The second kappa shape index (κ2) is 8.12. The van der Waals surface area contributed by atoms with E-state index in [2.05, 4.69) is 10.3 Å². The summed E-state index contributed by atoms with van der Waals surface area (Å²) in [4.78, 5) is 31.2. The van der Waals surface area contributed by atoms with Gasteiger partial charge in [-0.25, -0.2) is 8.78 Å². The Morgan fingerprint density at radius 1 is 1.33 bits per heavy atom. The van der Waals surface area contributed by atoms with Crippen LogP contribution in [0.25, 0.3) is 0 Å². The maximum atomic E-state index is 13.5. The van der Waals surface area contributed by atoms with E-state index in [1.165, 1.54) is 0 Å². The molecule has 1 aliphatic carbocycles. The second-order valence-corrected chi connectivity index (χ2v) is 9.77. The summed E-state index contributed by atoms with van der Waals surface area (Å²) < 4.78 is 32.7. The van der Waals surface area contributed by atoms with E-state index in [0.29, 0.717) is 42.9 Å². The fraction of sp³-hybridized carbons (Fsp3) is 0.682. The van der Waals surface area contributed by atoms with Crippen LogP contribution in [0, 0.1) is 18.3 Å². The van der Waals surface area contributed by atoms with Crippen LogP contribution < -0.4 is 15.0 Å². The summed E-state index contributed by atoms with van der Waals surface area (Å²) in [5, 5.41) is 2.83. The van der Waals surface area contributed by atoms with Crippen molar-refractivity contribution in [2.45, 2.75) is 78.7 Å². The molecule has 1 atom stereocenters. The number of hydrogen-bond acceptors (Lipinski definition) is 4. The minimum Gasteiger partial charge on any atom is -0.463 e. The lowest BCUT2D eigenvalue weighted by Gasteiger charge is -2.37. The van der Waals surface area contributed by atoms with Crippen molar-refractivity contribution in [3.05, 3.63) is 11.6 Å². The van der Waals surface area contributed by atoms with Gasteiger partial charge in [-0.2, -0.15) is 4.98 Å². The monoisotopic (exact) mass is 423 g/mol. The fourth-order valence-electron chi connectivity index (χ4n) is 3.93. The average Bonchev–Trinajstić information content (AvgIpc) is 2.60. The van der Waals surface area contributed by atoms with Crippen LogP contribution in [0.1, 0.15) is 65.4 Å². The summed E-state index contributed by atoms with van der Waals surface area (Å²) in [6.07, 6.45) is 0.0994. The Hall–Kier alpha value is -2.25. The van der Waals surface area contributed by atoms with E-state index in [0.717, 1.165) is 0 Å². The number of alkyl halides is 2. The zero-order chi connectivity index (χ0) is 22.3. The number of anilines is 2. The Bertz CT molecular complexity index is 826. The fourth-order valence-corrected chi connectivity index (χ4v) is 3.93. The van der Waals surface area contributed by atoms with Gasteiger partial charge in [-0.3, -0.25) is 9.59 Å². The van der Waals surface area contributed by atoms with Gasteiger partial charge in [-0.05, 0) is 49.7 Å². The van der Waals surface area contributed by atoms with Gasteiger partial charge in [0, 0.05) is 25.8 Å². The lowest BCUT2D eigenvalue weighted by atomic mass is 9.86. The molecule has 2 heterocycles. The number of halogens is 2. The molecule has 8 heteroatoms. The van der Waals surface area contributed by atoms with Gasteiger partial charge in [0.25, 0.3) is 5.91 Å². The van der Waals surface area contributed by atoms with Crippen LogP contribution in [0.4, 0.5) is 20.3 Å². The minimum absolute atomic E-state index is 0.0122. The highest BCUT2D eigenvalue weighted by molar-refractivity contribution is 6.00. The Morgan fingerprint density at radius 2 is 1.97 bits per heavy atom. The molecule has 1 N–H and O–H groups in total. The van der Waals surface area contributed by atoms with E-state index >= 15 is 0 Å². The van der Waals surface area contributed by atoms with Gasteiger partial charge in [0.1, 0.15) is 11.5 Å². The van der Waals surface area contributed by atoms with Gasteiger partial charge < -0.3 is 15.0 Å². The Balaban J connectivity index is 1.81. The highest BCUT2D eigenvalue weighted by Crippen LogP contribution is 2.40. The van der Waals surface area contributed by atoms with Gasteiger partial charge >= 0.3 is 0 Å². The van der Waals surface area contributed by atoms with Crippen LogP contribution in [-0.4, -0.2) is 35.4 Å². The molecule has 2 amide bonds. The molecular weight excluding hydrogens is 392 g/mol. The van der Waals surface area contributed by atoms with E-state index in [4.69, 9.17) is 4.74 Å². The average molecular weight is 424 g/mol. The molecule has 0 bridgehead atoms. The molecule has 2 aliphatic rings. The van der Waals surface area contributed by atoms with Gasteiger partial charge in [-0.15, -0.1) is 0 Å². The molecule has 30 heavy (non-hydrogen) atoms. The Kier molecular flexibility index (Phi) is 6.07. The number of aromatic nitrogens is 1. The van der Waals surface area contributed by atoms with Crippen molar-refractivity contribution < 1.29 is 23.1 Å². The number of nitrogens with zero attached hydrogens (tertiary/aromatic N) is 2. The maximum absolute atomic E-state index is 13.5. The van der Waals surface area contributed by atoms with E-state index in [1.54, 1.807) is 17.9 Å². The van der Waals surface area contributed by atoms with Crippen molar-refractivity contribution in [3.8, 4) is 5.88 Å². The number of nitrogens with one attached hydrogen (secondary N) is 1. The number of hydrogen-bond donors (Lipinski definition) is 1. The van der Waals surface area contributed by atoms with Crippen LogP contribution in [-0.2, 0) is 9.59 Å². The normalized spacial score (nSPS) is 21.8. The molecule has 0 aromatic carbocycles. The zero-order valence-electron chi connectivity index (χ0n) is 18.3. The molecule has 166 valence electrons. The summed E-state index contributed by atoms with van der Waals surface area (Å²) in [6, 6.07) is 1.77. The molecule has 1 aliphatic heterocycles. The number of carbonyl (C=O) groups excluding carboxylic acids is 2. The largest absolute Gasteiger partial charge is 0.463 e. The lowest BCUT2D eigenvalue weighted by Crippen LogP contribution is -2.47. The highest BCUT2D eigenvalue weighted by atomic mass is 19.3. The third-order valence-corrected chi connectivity index (χ3v) is 5.58. The molecule has 1 saturated carbocycles. The van der Waals surface area contributed by atoms with Crippen LogP contribution in [0.2, 0.25) is 0 Å². The smallest absolute Gasteiger partial charge is 0.267 e. The molecule has 1 aromatic heterocycles. The summed E-state index contributed by atoms with van der Waals surface area (Å²) in [5.74, 6) is -2.25. The standard InChI is InChI=1S/C22H31F2N3O3/c1-13-10-16-19(26-18(13)25-17(28)11-21(3,4)5)30-14(2)20(29)27(16)12-15-6-8-22(23,24)9-7-15/h10,14-15H,6-9,11-12H2,1-5H3,(H,25,26,28). The summed E-state index contributed by atoms with van der Waals surface area (Å²) in [5.41, 5.74) is 1.08. The molecule has 3 rings (SSSR count). The first kappa shape index (κ1) is 22.4. The van der Waals surface area contributed by atoms with Crippen LogP contribution in [0.15, 0.2) is 6.07 Å². The first-order valence-electron chi connectivity index (χ1n) is 10.5. The molecule has 0 radical (unpaired) electrons. The zero-order valence-corrected chi connectivity index (χ0v) is 18.3. The van der Waals surface area contributed by atoms with Gasteiger partial charge in [0.05, 0.1) is 0 Å². The highest BCUT2D eigenvalue weighted by Gasteiger charge is 2.39. The summed E-state index contributed by atoms with van der Waals surface area (Å²) >= 11 is 0. The van der Waals surface area contributed by atoms with E-state index < -0.39 is 12.0 Å². The van der Waals surface area contributed by atoms with E-state index in [-0.39, 0.29) is 41.9 Å². The molecule has 1 fully saturated rings. The minimum atomic E-state index is -2.60. The number of fused-ring (bicyclic) bond motifs is 1. The van der Waals surface area contributed by atoms with Gasteiger partial charge in [-0.1, -0.05) is 20.8 Å². The van der Waals surface area contributed by atoms with Crippen molar-refractivity contribution in [2.75, 3.05) is 16.8 Å². The quantitative estimate of drug-likeness (QED) is 0.762. The molecule has 0 spiro atoms. The second-order valence-electron chi connectivity index (χ2n) is 9.77. The third kappa shape index (κ3) is 5.26. The number of ether oxygens (including phenoxy) is 1. The predicted molar refractivity (Wildman–Crippen MR) is 111 cm³/mol. The van der Waals surface area contributed by atoms with E-state index in [1.807, 2.05) is 27.7 Å². The number of rotatable bonds is 4. The molecule has 6 nitrogen and oxygen atoms in total.